The van der Waals surface area contributed by atoms with Gasteiger partial charge in [-0.2, -0.15) is 0 Å². The van der Waals surface area contributed by atoms with Gasteiger partial charge in [-0.3, -0.25) is 4.79 Å². The van der Waals surface area contributed by atoms with Gasteiger partial charge in [0.15, 0.2) is 0 Å². The molecule has 1 N–H and O–H groups in total. The third-order valence-electron chi connectivity index (χ3n) is 5.99. The van der Waals surface area contributed by atoms with E-state index < -0.39 is 10.0 Å². The summed E-state index contributed by atoms with van der Waals surface area (Å²) < 4.78 is 26.5. The number of fused-ring (bicyclic) bond motifs is 1. The van der Waals surface area contributed by atoms with Crippen LogP contribution in [0.1, 0.15) is 64.8 Å². The van der Waals surface area contributed by atoms with Crippen molar-refractivity contribution >= 4 is 15.9 Å². The molecule has 154 valence electrons. The van der Waals surface area contributed by atoms with Crippen LogP contribution in [0.2, 0.25) is 0 Å². The summed E-state index contributed by atoms with van der Waals surface area (Å²) in [5.74, 6) is -0.160. The lowest BCUT2D eigenvalue weighted by molar-refractivity contribution is 0.0940. The van der Waals surface area contributed by atoms with Crippen molar-refractivity contribution in [3.63, 3.8) is 0 Å². The van der Waals surface area contributed by atoms with Crippen molar-refractivity contribution in [2.75, 3.05) is 13.1 Å². The molecule has 2 aromatic carbocycles. The molecule has 0 aromatic heterocycles. The topological polar surface area (TPSA) is 66.5 Å². The SMILES string of the molecule is C[C@@H](NC(=O)c1ccc(CS(=O)(=O)N2CCCC2)cc1)c1ccc2c(c1)CCC2. The van der Waals surface area contributed by atoms with Crippen molar-refractivity contribution in [2.24, 2.45) is 0 Å². The molecule has 4 rings (SSSR count). The molecule has 0 radical (unpaired) electrons. The number of amides is 1. The lowest BCUT2D eigenvalue weighted by Gasteiger charge is -2.17. The Morgan fingerprint density at radius 2 is 1.69 bits per heavy atom. The number of nitrogens with zero attached hydrogens (tertiary/aromatic N) is 1. The zero-order chi connectivity index (χ0) is 20.4. The van der Waals surface area contributed by atoms with Crippen LogP contribution in [-0.4, -0.2) is 31.7 Å². The highest BCUT2D eigenvalue weighted by Gasteiger charge is 2.25. The summed E-state index contributed by atoms with van der Waals surface area (Å²) in [6.07, 6.45) is 5.34. The number of aryl methyl sites for hydroxylation is 2. The Labute approximate surface area is 173 Å². The zero-order valence-corrected chi connectivity index (χ0v) is 17.7. The molecule has 0 bridgehead atoms. The summed E-state index contributed by atoms with van der Waals surface area (Å²) in [5.41, 5.74) is 5.19. The van der Waals surface area contributed by atoms with Gasteiger partial charge in [0.1, 0.15) is 0 Å². The van der Waals surface area contributed by atoms with E-state index in [9.17, 15) is 13.2 Å². The van der Waals surface area contributed by atoms with Gasteiger partial charge in [-0.15, -0.1) is 0 Å². The smallest absolute Gasteiger partial charge is 0.251 e. The maximum Gasteiger partial charge on any atom is 0.251 e. The Morgan fingerprint density at radius 3 is 2.41 bits per heavy atom. The van der Waals surface area contributed by atoms with Crippen LogP contribution in [0.5, 0.6) is 0 Å². The molecule has 0 unspecified atom stereocenters. The molecular formula is C23H28N2O3S. The van der Waals surface area contributed by atoms with E-state index in [4.69, 9.17) is 0 Å². The van der Waals surface area contributed by atoms with Crippen LogP contribution in [0, 0.1) is 0 Å². The number of hydrogen-bond donors (Lipinski definition) is 1. The van der Waals surface area contributed by atoms with Crippen molar-refractivity contribution in [3.05, 3.63) is 70.3 Å². The van der Waals surface area contributed by atoms with Crippen LogP contribution in [0.15, 0.2) is 42.5 Å². The summed E-state index contributed by atoms with van der Waals surface area (Å²) in [7, 11) is -3.27. The van der Waals surface area contributed by atoms with Crippen molar-refractivity contribution in [2.45, 2.75) is 50.8 Å². The quantitative estimate of drug-likeness (QED) is 0.788. The van der Waals surface area contributed by atoms with E-state index in [1.54, 1.807) is 28.6 Å². The highest BCUT2D eigenvalue weighted by Crippen LogP contribution is 2.25. The standard InChI is InChI=1S/C23H28N2O3S/c1-17(21-12-11-19-5-4-6-22(19)15-21)24-23(26)20-9-7-18(8-10-20)16-29(27,28)25-13-2-3-14-25/h7-12,15,17H,2-6,13-14,16H2,1H3,(H,24,26)/t17-/m1/s1. The summed E-state index contributed by atoms with van der Waals surface area (Å²) in [5, 5.41) is 3.05. The molecule has 1 atom stereocenters. The second-order valence-electron chi connectivity index (χ2n) is 8.14. The van der Waals surface area contributed by atoms with E-state index in [1.165, 1.54) is 17.5 Å². The summed E-state index contributed by atoms with van der Waals surface area (Å²) in [6.45, 7) is 3.22. The number of rotatable bonds is 6. The number of sulfonamides is 1. The van der Waals surface area contributed by atoms with Crippen LogP contribution in [0.4, 0.5) is 0 Å². The zero-order valence-electron chi connectivity index (χ0n) is 16.9. The van der Waals surface area contributed by atoms with Gasteiger partial charge in [-0.1, -0.05) is 30.3 Å². The Bertz CT molecular complexity index is 993. The van der Waals surface area contributed by atoms with Gasteiger partial charge in [0.25, 0.3) is 5.91 Å². The molecular weight excluding hydrogens is 384 g/mol. The number of nitrogens with one attached hydrogen (secondary N) is 1. The number of carbonyl (C=O) groups is 1. The average Bonchev–Trinajstić information content (AvgIpc) is 3.39. The highest BCUT2D eigenvalue weighted by molar-refractivity contribution is 7.88. The van der Waals surface area contributed by atoms with Crippen molar-refractivity contribution in [1.29, 1.82) is 0 Å². The first-order valence-corrected chi connectivity index (χ1v) is 12.0. The minimum atomic E-state index is -3.27. The number of hydrogen-bond acceptors (Lipinski definition) is 3. The van der Waals surface area contributed by atoms with Gasteiger partial charge >= 0.3 is 0 Å². The summed E-state index contributed by atoms with van der Waals surface area (Å²) in [4.78, 5) is 12.6. The highest BCUT2D eigenvalue weighted by atomic mass is 32.2. The van der Waals surface area contributed by atoms with Crippen molar-refractivity contribution in [3.8, 4) is 0 Å². The van der Waals surface area contributed by atoms with Gasteiger partial charge in [0, 0.05) is 18.7 Å². The molecule has 1 aliphatic carbocycles. The lowest BCUT2D eigenvalue weighted by Crippen LogP contribution is -2.29. The second-order valence-corrected chi connectivity index (χ2v) is 10.1. The largest absolute Gasteiger partial charge is 0.346 e. The molecule has 2 aromatic rings. The third kappa shape index (κ3) is 4.54. The van der Waals surface area contributed by atoms with Gasteiger partial charge in [-0.25, -0.2) is 12.7 Å². The molecule has 1 amide bonds. The van der Waals surface area contributed by atoms with Crippen LogP contribution < -0.4 is 5.32 Å². The lowest BCUT2D eigenvalue weighted by atomic mass is 10.0. The molecule has 1 aliphatic heterocycles. The number of carbonyl (C=O) groups excluding carboxylic acids is 1. The summed E-state index contributed by atoms with van der Waals surface area (Å²) >= 11 is 0. The molecule has 29 heavy (non-hydrogen) atoms. The maximum absolute atomic E-state index is 12.6. The van der Waals surface area contributed by atoms with Gasteiger partial charge in [0.2, 0.25) is 10.0 Å². The molecule has 1 heterocycles. The fourth-order valence-electron chi connectivity index (χ4n) is 4.24. The summed E-state index contributed by atoms with van der Waals surface area (Å²) in [6, 6.07) is 13.3. The predicted molar refractivity (Wildman–Crippen MR) is 114 cm³/mol. The number of benzene rings is 2. The Balaban J connectivity index is 1.39. The second kappa shape index (κ2) is 8.28. The van der Waals surface area contributed by atoms with Crippen LogP contribution in [0.25, 0.3) is 0 Å². The normalized spacial score (nSPS) is 17.8. The van der Waals surface area contributed by atoms with Crippen LogP contribution in [0.3, 0.4) is 0 Å². The van der Waals surface area contributed by atoms with Crippen molar-refractivity contribution < 1.29 is 13.2 Å². The van der Waals surface area contributed by atoms with Gasteiger partial charge < -0.3 is 5.32 Å². The monoisotopic (exact) mass is 412 g/mol. The molecule has 0 saturated carbocycles. The fourth-order valence-corrected chi connectivity index (χ4v) is 5.86. The Morgan fingerprint density at radius 1 is 1.00 bits per heavy atom. The molecule has 1 fully saturated rings. The van der Waals surface area contributed by atoms with E-state index in [-0.39, 0.29) is 17.7 Å². The fraction of sp³-hybridized carbons (Fsp3) is 0.435. The first-order valence-electron chi connectivity index (χ1n) is 10.4. The Kier molecular flexibility index (Phi) is 5.74. The van der Waals surface area contributed by atoms with E-state index in [0.717, 1.165) is 31.2 Å². The first kappa shape index (κ1) is 20.1. The van der Waals surface area contributed by atoms with Crippen molar-refractivity contribution in [1.82, 2.24) is 9.62 Å². The minimum Gasteiger partial charge on any atom is -0.346 e. The van der Waals surface area contributed by atoms with E-state index in [2.05, 4.69) is 23.5 Å². The molecule has 6 heteroatoms. The average molecular weight is 413 g/mol. The maximum atomic E-state index is 12.6. The van der Waals surface area contributed by atoms with E-state index >= 15 is 0 Å². The molecule has 2 aliphatic rings. The van der Waals surface area contributed by atoms with E-state index in [1.807, 2.05) is 6.92 Å². The van der Waals surface area contributed by atoms with Crippen LogP contribution in [-0.2, 0) is 28.6 Å². The molecule has 0 spiro atoms. The third-order valence-corrected chi connectivity index (χ3v) is 7.84. The molecule has 1 saturated heterocycles. The minimum absolute atomic E-state index is 0.0135. The molecule has 5 nitrogen and oxygen atoms in total. The first-order chi connectivity index (χ1) is 13.9. The van der Waals surface area contributed by atoms with Gasteiger partial charge in [0.05, 0.1) is 11.8 Å². The Hall–Kier alpha value is -2.18. The van der Waals surface area contributed by atoms with E-state index in [0.29, 0.717) is 24.2 Å². The van der Waals surface area contributed by atoms with Crippen LogP contribution >= 0.6 is 0 Å². The van der Waals surface area contributed by atoms with Gasteiger partial charge in [-0.05, 0) is 73.4 Å². The predicted octanol–water partition coefficient (Wildman–Crippen LogP) is 3.59.